The van der Waals surface area contributed by atoms with Crippen molar-refractivity contribution in [2.75, 3.05) is 13.1 Å². The van der Waals surface area contributed by atoms with Gasteiger partial charge in [-0.15, -0.1) is 0 Å². The number of nitrogens with one attached hydrogen (secondary N) is 1. The van der Waals surface area contributed by atoms with Crippen LogP contribution in [-0.2, 0) is 6.54 Å². The van der Waals surface area contributed by atoms with Crippen LogP contribution in [-0.4, -0.2) is 30.1 Å². The number of hydrogen-bond acceptors (Lipinski definition) is 2. The highest BCUT2D eigenvalue weighted by molar-refractivity contribution is 5.14. The van der Waals surface area contributed by atoms with Gasteiger partial charge in [0.2, 0.25) is 0 Å². The molecule has 1 saturated carbocycles. The highest BCUT2D eigenvalue weighted by Crippen LogP contribution is 2.30. The molecule has 1 aromatic carbocycles. The Bertz CT molecular complexity index is 430. The molecule has 0 aromatic heterocycles. The molecular formula is C19H30N2. The molecule has 0 amide bonds. The average molecular weight is 286 g/mol. The van der Waals surface area contributed by atoms with E-state index >= 15 is 0 Å². The van der Waals surface area contributed by atoms with Gasteiger partial charge in [0.1, 0.15) is 0 Å². The highest BCUT2D eigenvalue weighted by Gasteiger charge is 2.31. The number of hydrogen-bond donors (Lipinski definition) is 1. The first-order valence-corrected chi connectivity index (χ1v) is 8.74. The average Bonchev–Trinajstić information content (AvgIpc) is 2.92. The van der Waals surface area contributed by atoms with Crippen LogP contribution in [0.1, 0.15) is 45.1 Å². The van der Waals surface area contributed by atoms with Crippen molar-refractivity contribution < 1.29 is 0 Å². The number of benzene rings is 1. The molecule has 1 aromatic rings. The van der Waals surface area contributed by atoms with Gasteiger partial charge < -0.3 is 5.32 Å². The minimum atomic E-state index is 0.700. The van der Waals surface area contributed by atoms with E-state index in [1.165, 1.54) is 44.3 Å². The molecule has 2 aliphatic rings. The largest absolute Gasteiger partial charge is 0.310 e. The Morgan fingerprint density at radius 3 is 2.71 bits per heavy atom. The predicted molar refractivity (Wildman–Crippen MR) is 89.2 cm³/mol. The van der Waals surface area contributed by atoms with E-state index in [1.807, 2.05) is 0 Å². The van der Waals surface area contributed by atoms with Gasteiger partial charge in [0.15, 0.2) is 0 Å². The van der Waals surface area contributed by atoms with E-state index in [0.717, 1.165) is 24.4 Å². The third-order valence-electron chi connectivity index (χ3n) is 5.68. The van der Waals surface area contributed by atoms with Crippen LogP contribution in [0.5, 0.6) is 0 Å². The zero-order valence-electron chi connectivity index (χ0n) is 13.6. The van der Waals surface area contributed by atoms with Gasteiger partial charge in [0.05, 0.1) is 0 Å². The van der Waals surface area contributed by atoms with Gasteiger partial charge in [0, 0.05) is 31.7 Å². The zero-order valence-corrected chi connectivity index (χ0v) is 13.6. The van der Waals surface area contributed by atoms with Gasteiger partial charge in [-0.3, -0.25) is 4.90 Å². The van der Waals surface area contributed by atoms with E-state index < -0.39 is 0 Å². The summed E-state index contributed by atoms with van der Waals surface area (Å²) in [5, 5.41) is 3.97. The summed E-state index contributed by atoms with van der Waals surface area (Å²) in [5.41, 5.74) is 1.44. The van der Waals surface area contributed by atoms with E-state index in [0.29, 0.717) is 6.04 Å². The fraction of sp³-hybridized carbons (Fsp3) is 0.684. The second kappa shape index (κ2) is 6.93. The SMILES string of the molecule is CC1CCCC(NC2CCN(Cc3ccccc3)C2)C1C. The highest BCUT2D eigenvalue weighted by atomic mass is 15.2. The zero-order chi connectivity index (χ0) is 14.7. The minimum Gasteiger partial charge on any atom is -0.310 e. The first-order chi connectivity index (χ1) is 10.2. The van der Waals surface area contributed by atoms with Crippen LogP contribution in [0, 0.1) is 11.8 Å². The Hall–Kier alpha value is -0.860. The molecule has 0 spiro atoms. The van der Waals surface area contributed by atoms with Crippen molar-refractivity contribution in [2.45, 2.75) is 58.2 Å². The van der Waals surface area contributed by atoms with Crippen LogP contribution in [0.2, 0.25) is 0 Å². The van der Waals surface area contributed by atoms with E-state index in [9.17, 15) is 0 Å². The molecule has 0 radical (unpaired) electrons. The molecule has 1 saturated heterocycles. The lowest BCUT2D eigenvalue weighted by Crippen LogP contribution is -2.46. The van der Waals surface area contributed by atoms with Crippen molar-refractivity contribution >= 4 is 0 Å². The molecule has 116 valence electrons. The van der Waals surface area contributed by atoms with Gasteiger partial charge >= 0.3 is 0 Å². The Labute approximate surface area is 129 Å². The maximum Gasteiger partial charge on any atom is 0.0234 e. The summed E-state index contributed by atoms with van der Waals surface area (Å²) in [6.07, 6.45) is 5.51. The Kier molecular flexibility index (Phi) is 4.97. The number of likely N-dealkylation sites (tertiary alicyclic amines) is 1. The smallest absolute Gasteiger partial charge is 0.0234 e. The van der Waals surface area contributed by atoms with Gasteiger partial charge in [-0.25, -0.2) is 0 Å². The van der Waals surface area contributed by atoms with Crippen molar-refractivity contribution in [3.05, 3.63) is 35.9 Å². The Morgan fingerprint density at radius 2 is 1.90 bits per heavy atom. The lowest BCUT2D eigenvalue weighted by molar-refractivity contribution is 0.192. The molecule has 3 rings (SSSR count). The fourth-order valence-electron chi connectivity index (χ4n) is 4.07. The molecule has 4 unspecified atom stereocenters. The summed E-state index contributed by atoms with van der Waals surface area (Å²) in [6.45, 7) is 8.43. The molecule has 1 N–H and O–H groups in total. The third kappa shape index (κ3) is 3.87. The van der Waals surface area contributed by atoms with Crippen molar-refractivity contribution in [3.63, 3.8) is 0 Å². The summed E-state index contributed by atoms with van der Waals surface area (Å²) >= 11 is 0. The van der Waals surface area contributed by atoms with E-state index in [1.54, 1.807) is 0 Å². The molecule has 21 heavy (non-hydrogen) atoms. The summed E-state index contributed by atoms with van der Waals surface area (Å²) < 4.78 is 0. The second-order valence-corrected chi connectivity index (χ2v) is 7.25. The molecule has 0 bridgehead atoms. The van der Waals surface area contributed by atoms with Gasteiger partial charge in [-0.05, 0) is 30.2 Å². The first kappa shape index (κ1) is 15.1. The van der Waals surface area contributed by atoms with Crippen LogP contribution in [0.25, 0.3) is 0 Å². The van der Waals surface area contributed by atoms with E-state index in [-0.39, 0.29) is 0 Å². The van der Waals surface area contributed by atoms with Gasteiger partial charge in [-0.2, -0.15) is 0 Å². The quantitative estimate of drug-likeness (QED) is 0.908. The molecule has 1 heterocycles. The molecule has 2 nitrogen and oxygen atoms in total. The summed E-state index contributed by atoms with van der Waals surface area (Å²) in [5.74, 6) is 1.72. The van der Waals surface area contributed by atoms with Gasteiger partial charge in [0.25, 0.3) is 0 Å². The first-order valence-electron chi connectivity index (χ1n) is 8.74. The standard InChI is InChI=1S/C19H30N2/c1-15-7-6-10-19(16(15)2)20-18-11-12-21(14-18)13-17-8-4-3-5-9-17/h3-5,8-9,15-16,18-20H,6-7,10-14H2,1-2H3. The van der Waals surface area contributed by atoms with Crippen LogP contribution in [0.3, 0.4) is 0 Å². The normalized spacial score (nSPS) is 34.2. The Balaban J connectivity index is 1.48. The van der Waals surface area contributed by atoms with Gasteiger partial charge in [-0.1, -0.05) is 57.0 Å². The van der Waals surface area contributed by atoms with E-state index in [2.05, 4.69) is 54.4 Å². The van der Waals surface area contributed by atoms with Crippen molar-refractivity contribution in [1.29, 1.82) is 0 Å². The maximum atomic E-state index is 3.97. The fourth-order valence-corrected chi connectivity index (χ4v) is 4.07. The second-order valence-electron chi connectivity index (χ2n) is 7.25. The number of rotatable bonds is 4. The van der Waals surface area contributed by atoms with Crippen molar-refractivity contribution in [1.82, 2.24) is 10.2 Å². The molecule has 1 aliphatic carbocycles. The van der Waals surface area contributed by atoms with Crippen LogP contribution >= 0.6 is 0 Å². The minimum absolute atomic E-state index is 0.700. The van der Waals surface area contributed by atoms with Crippen molar-refractivity contribution in [2.24, 2.45) is 11.8 Å². The van der Waals surface area contributed by atoms with E-state index in [4.69, 9.17) is 0 Å². The molecule has 1 aliphatic heterocycles. The molecule has 2 fully saturated rings. The summed E-state index contributed by atoms with van der Waals surface area (Å²) in [4.78, 5) is 2.60. The maximum absolute atomic E-state index is 3.97. The van der Waals surface area contributed by atoms with Crippen LogP contribution in [0.15, 0.2) is 30.3 Å². The molecular weight excluding hydrogens is 256 g/mol. The monoisotopic (exact) mass is 286 g/mol. The summed E-state index contributed by atoms with van der Waals surface area (Å²) in [7, 11) is 0. The van der Waals surface area contributed by atoms with Crippen molar-refractivity contribution in [3.8, 4) is 0 Å². The lowest BCUT2D eigenvalue weighted by atomic mass is 9.78. The lowest BCUT2D eigenvalue weighted by Gasteiger charge is -2.36. The topological polar surface area (TPSA) is 15.3 Å². The van der Waals surface area contributed by atoms with Crippen LogP contribution in [0.4, 0.5) is 0 Å². The molecule has 2 heteroatoms. The predicted octanol–water partition coefficient (Wildman–Crippen LogP) is 3.68. The summed E-state index contributed by atoms with van der Waals surface area (Å²) in [6, 6.07) is 12.3. The number of nitrogens with zero attached hydrogens (tertiary/aromatic N) is 1. The Morgan fingerprint density at radius 1 is 1.10 bits per heavy atom. The van der Waals surface area contributed by atoms with Crippen LogP contribution < -0.4 is 5.32 Å². The molecule has 4 atom stereocenters. The third-order valence-corrected chi connectivity index (χ3v) is 5.68.